The summed E-state index contributed by atoms with van der Waals surface area (Å²) in [4.78, 5) is 0. The van der Waals surface area contributed by atoms with Gasteiger partial charge in [-0.3, -0.25) is 0 Å². The highest BCUT2D eigenvalue weighted by atomic mass is 16.3. The number of hydrogen-bond donors (Lipinski definition) is 1. The molecule has 5 aliphatic carbocycles. The molecule has 0 radical (unpaired) electrons. The van der Waals surface area contributed by atoms with Crippen LogP contribution in [0.15, 0.2) is 11.6 Å². The van der Waals surface area contributed by atoms with Crippen LogP contribution in [0.1, 0.15) is 113 Å². The summed E-state index contributed by atoms with van der Waals surface area (Å²) >= 11 is 0. The van der Waals surface area contributed by atoms with Crippen LogP contribution in [0.5, 0.6) is 0 Å². The van der Waals surface area contributed by atoms with Crippen molar-refractivity contribution in [2.45, 2.75) is 119 Å². The average molecular weight is 427 g/mol. The predicted octanol–water partition coefficient (Wildman–Crippen LogP) is 8.02. The van der Waals surface area contributed by atoms with Gasteiger partial charge in [0.1, 0.15) is 0 Å². The maximum atomic E-state index is 10.9. The van der Waals surface area contributed by atoms with E-state index in [0.717, 1.165) is 30.1 Å². The van der Waals surface area contributed by atoms with Crippen molar-refractivity contribution < 1.29 is 5.11 Å². The lowest BCUT2D eigenvalue weighted by atomic mass is 9.33. The fourth-order valence-electron chi connectivity index (χ4n) is 10.8. The summed E-state index contributed by atoms with van der Waals surface area (Å²) in [6.07, 6.45) is 14.5. The zero-order valence-electron chi connectivity index (χ0n) is 21.9. The molecule has 0 amide bonds. The highest BCUT2D eigenvalue weighted by Crippen LogP contribution is 2.75. The maximum Gasteiger partial charge on any atom is 0.0594 e. The van der Waals surface area contributed by atoms with E-state index in [9.17, 15) is 5.11 Å². The first-order valence-electron chi connectivity index (χ1n) is 13.7. The number of aliphatic hydroxyl groups excluding tert-OH is 1. The van der Waals surface area contributed by atoms with Gasteiger partial charge in [0.2, 0.25) is 0 Å². The van der Waals surface area contributed by atoms with Crippen LogP contribution in [-0.4, -0.2) is 11.2 Å². The molecule has 0 saturated heterocycles. The molecule has 5 aliphatic rings. The van der Waals surface area contributed by atoms with Gasteiger partial charge in [-0.05, 0) is 114 Å². The summed E-state index contributed by atoms with van der Waals surface area (Å²) in [6, 6.07) is 0. The Bertz CT molecular complexity index is 779. The Balaban J connectivity index is 1.59. The van der Waals surface area contributed by atoms with Crippen LogP contribution in [0.3, 0.4) is 0 Å². The second kappa shape index (κ2) is 6.64. The van der Waals surface area contributed by atoms with E-state index in [4.69, 9.17) is 0 Å². The van der Waals surface area contributed by atoms with Crippen LogP contribution in [0.25, 0.3) is 0 Å². The monoisotopic (exact) mass is 426 g/mol. The van der Waals surface area contributed by atoms with Gasteiger partial charge < -0.3 is 5.11 Å². The van der Waals surface area contributed by atoms with Crippen LogP contribution in [0.2, 0.25) is 0 Å². The van der Waals surface area contributed by atoms with E-state index < -0.39 is 0 Å². The molecule has 0 aromatic heterocycles. The molecular weight excluding hydrogens is 376 g/mol. The molecule has 6 unspecified atom stereocenters. The van der Waals surface area contributed by atoms with Crippen LogP contribution in [0.4, 0.5) is 0 Å². The van der Waals surface area contributed by atoms with Gasteiger partial charge in [0.05, 0.1) is 6.10 Å². The number of fused-ring (bicyclic) bond motifs is 7. The maximum absolute atomic E-state index is 10.9. The molecule has 0 heterocycles. The summed E-state index contributed by atoms with van der Waals surface area (Å²) < 4.78 is 0. The van der Waals surface area contributed by atoms with Crippen molar-refractivity contribution in [2.75, 3.05) is 0 Å². The van der Waals surface area contributed by atoms with Crippen molar-refractivity contribution in [3.63, 3.8) is 0 Å². The first-order valence-corrected chi connectivity index (χ1v) is 13.7. The molecular formula is C30H50O. The molecule has 1 heteroatoms. The molecule has 4 saturated carbocycles. The van der Waals surface area contributed by atoms with Gasteiger partial charge in [0, 0.05) is 0 Å². The number of allylic oxidation sites excluding steroid dienone is 2. The Hall–Kier alpha value is -0.300. The van der Waals surface area contributed by atoms with Gasteiger partial charge in [-0.15, -0.1) is 0 Å². The van der Waals surface area contributed by atoms with E-state index in [-0.39, 0.29) is 11.5 Å². The fourth-order valence-corrected chi connectivity index (χ4v) is 10.8. The summed E-state index contributed by atoms with van der Waals surface area (Å²) in [5.41, 5.74) is 3.60. The first kappa shape index (κ1) is 22.5. The van der Waals surface area contributed by atoms with Crippen molar-refractivity contribution >= 4 is 0 Å². The molecule has 1 N–H and O–H groups in total. The van der Waals surface area contributed by atoms with Crippen molar-refractivity contribution in [1.82, 2.24) is 0 Å². The van der Waals surface area contributed by atoms with Crippen LogP contribution >= 0.6 is 0 Å². The highest BCUT2D eigenvalue weighted by molar-refractivity contribution is 5.33. The Morgan fingerprint density at radius 1 is 0.806 bits per heavy atom. The summed E-state index contributed by atoms with van der Waals surface area (Å²) in [6.45, 7) is 20.5. The fraction of sp³-hybridized carbons (Fsp3) is 0.933. The number of aliphatic hydroxyl groups is 1. The molecule has 5 rings (SSSR count). The van der Waals surface area contributed by atoms with Crippen LogP contribution in [0, 0.1) is 56.7 Å². The van der Waals surface area contributed by atoms with Gasteiger partial charge in [0.25, 0.3) is 0 Å². The molecule has 0 bridgehead atoms. The third-order valence-electron chi connectivity index (χ3n) is 13.4. The van der Waals surface area contributed by atoms with E-state index in [1.165, 1.54) is 51.4 Å². The zero-order chi connectivity index (χ0) is 22.6. The van der Waals surface area contributed by atoms with Crippen molar-refractivity contribution in [1.29, 1.82) is 0 Å². The molecule has 1 nitrogen and oxygen atoms in total. The highest BCUT2D eigenvalue weighted by Gasteiger charge is 2.67. The SMILES string of the molecule is CC1CC[C@]2(C)CCC3(C)C(=CCC4[C@@]5(C)CCC(O)C(C)(C)C5CC[C@]43C)C2[C@H]1C. The average Bonchev–Trinajstić information content (AvgIpc) is 2.69. The Labute approximate surface area is 192 Å². The van der Waals surface area contributed by atoms with E-state index in [1.807, 2.05) is 5.57 Å². The Morgan fingerprint density at radius 3 is 2.23 bits per heavy atom. The van der Waals surface area contributed by atoms with E-state index >= 15 is 0 Å². The zero-order valence-corrected chi connectivity index (χ0v) is 21.9. The molecule has 0 aliphatic heterocycles. The second-order valence-electron chi connectivity index (χ2n) is 14.7. The lowest BCUT2D eigenvalue weighted by molar-refractivity contribution is -0.203. The molecule has 0 aromatic rings. The summed E-state index contributed by atoms with van der Waals surface area (Å²) in [7, 11) is 0. The minimum Gasteiger partial charge on any atom is -0.393 e. The Morgan fingerprint density at radius 2 is 1.52 bits per heavy atom. The van der Waals surface area contributed by atoms with E-state index in [2.05, 4.69) is 61.5 Å². The molecule has 176 valence electrons. The largest absolute Gasteiger partial charge is 0.393 e. The molecule has 0 spiro atoms. The minimum atomic E-state index is -0.125. The summed E-state index contributed by atoms with van der Waals surface area (Å²) in [5, 5.41) is 10.9. The minimum absolute atomic E-state index is 0.0533. The van der Waals surface area contributed by atoms with Gasteiger partial charge in [-0.1, -0.05) is 67.0 Å². The molecule has 0 aromatic carbocycles. The topological polar surface area (TPSA) is 20.2 Å². The lowest BCUT2D eigenvalue weighted by Gasteiger charge is -2.71. The normalized spacial score (nSPS) is 58.3. The molecule has 10 atom stereocenters. The molecule has 4 fully saturated rings. The van der Waals surface area contributed by atoms with Gasteiger partial charge in [-0.2, -0.15) is 0 Å². The van der Waals surface area contributed by atoms with Gasteiger partial charge in [0.15, 0.2) is 0 Å². The third kappa shape index (κ3) is 2.65. The van der Waals surface area contributed by atoms with Crippen molar-refractivity contribution in [3.05, 3.63) is 11.6 Å². The van der Waals surface area contributed by atoms with Gasteiger partial charge >= 0.3 is 0 Å². The van der Waals surface area contributed by atoms with Crippen LogP contribution < -0.4 is 0 Å². The van der Waals surface area contributed by atoms with E-state index in [0.29, 0.717) is 27.6 Å². The lowest BCUT2D eigenvalue weighted by Crippen LogP contribution is -2.64. The quantitative estimate of drug-likeness (QED) is 0.389. The van der Waals surface area contributed by atoms with Crippen LogP contribution in [-0.2, 0) is 0 Å². The summed E-state index contributed by atoms with van der Waals surface area (Å²) in [5.74, 6) is 3.90. The molecule has 31 heavy (non-hydrogen) atoms. The number of hydrogen-bond acceptors (Lipinski definition) is 1. The number of rotatable bonds is 0. The third-order valence-corrected chi connectivity index (χ3v) is 13.4. The standard InChI is InChI=1S/C30H50O/c1-19-11-14-27(5)17-18-29(7)21(25(27)20(19)2)9-10-23-28(6)15-13-24(31)26(3,4)22(28)12-16-30(23,29)8/h9,19-20,22-25,31H,10-18H2,1-8H3/t19?,20-,22?,23?,24?,25?,27+,28-,29?,30+/m0/s1. The predicted molar refractivity (Wildman–Crippen MR) is 131 cm³/mol. The van der Waals surface area contributed by atoms with Crippen molar-refractivity contribution in [2.24, 2.45) is 56.7 Å². The van der Waals surface area contributed by atoms with Gasteiger partial charge in [-0.25, -0.2) is 0 Å². The smallest absolute Gasteiger partial charge is 0.0594 e. The van der Waals surface area contributed by atoms with E-state index in [1.54, 1.807) is 0 Å². The first-order chi connectivity index (χ1) is 14.3. The van der Waals surface area contributed by atoms with Crippen molar-refractivity contribution in [3.8, 4) is 0 Å². The Kier molecular flexibility index (Phi) is 4.82. The second-order valence-corrected chi connectivity index (χ2v) is 14.7.